The fourth-order valence-electron chi connectivity index (χ4n) is 3.50. The molecule has 0 fully saturated rings. The van der Waals surface area contributed by atoms with Crippen LogP contribution in [0.1, 0.15) is 34.6 Å². The molecule has 0 aliphatic heterocycles. The number of amides is 2. The van der Waals surface area contributed by atoms with Crippen molar-refractivity contribution in [2.45, 2.75) is 19.0 Å². The monoisotopic (exact) mass is 534 g/mol. The van der Waals surface area contributed by atoms with Crippen LogP contribution < -0.4 is 5.32 Å². The molecule has 0 spiro atoms. The Labute approximate surface area is 213 Å². The van der Waals surface area contributed by atoms with Crippen LogP contribution in [0.5, 0.6) is 0 Å². The number of nitrogens with zero attached hydrogens (tertiary/aromatic N) is 2. The van der Waals surface area contributed by atoms with Crippen LogP contribution in [0.3, 0.4) is 0 Å². The molecule has 1 N–H and O–H groups in total. The molecule has 34 heavy (non-hydrogen) atoms. The van der Waals surface area contributed by atoms with Crippen LogP contribution in [0, 0.1) is 0 Å². The normalized spacial score (nSPS) is 11.3. The van der Waals surface area contributed by atoms with Gasteiger partial charge in [-0.3, -0.25) is 9.78 Å². The Hall–Kier alpha value is -2.89. The quantitative estimate of drug-likeness (QED) is 0.290. The van der Waals surface area contributed by atoms with E-state index < -0.39 is 11.9 Å². The van der Waals surface area contributed by atoms with Crippen molar-refractivity contribution in [2.24, 2.45) is 0 Å². The van der Waals surface area contributed by atoms with Crippen molar-refractivity contribution in [3.63, 3.8) is 0 Å². The third-order valence-corrected chi connectivity index (χ3v) is 5.12. The van der Waals surface area contributed by atoms with Gasteiger partial charge in [-0.25, -0.2) is 0 Å². The van der Waals surface area contributed by atoms with Crippen LogP contribution in [-0.2, 0) is 17.9 Å². The Balaban J connectivity index is 0.00000103. The van der Waals surface area contributed by atoms with E-state index in [1.807, 2.05) is 91.0 Å². The minimum atomic E-state index is -0.858. The molecule has 0 unspecified atom stereocenters. The summed E-state index contributed by atoms with van der Waals surface area (Å²) in [5, 5.41) is 8.79. The summed E-state index contributed by atoms with van der Waals surface area (Å²) in [6, 6.07) is 27.6. The number of hydrogen-bond acceptors (Lipinski definition) is 3. The number of carbonyl (C=O) groups excluding carboxylic acids is 2. The third kappa shape index (κ3) is 6.81. The molecule has 0 saturated heterocycles. The molecule has 4 rings (SSSR count). The van der Waals surface area contributed by atoms with E-state index in [1.54, 1.807) is 13.1 Å². The van der Waals surface area contributed by atoms with Gasteiger partial charge in [-0.2, -0.15) is 0 Å². The van der Waals surface area contributed by atoms with E-state index >= 15 is 0 Å². The molecule has 1 aromatic heterocycles. The van der Waals surface area contributed by atoms with E-state index in [9.17, 15) is 9.59 Å². The van der Waals surface area contributed by atoms with Crippen molar-refractivity contribution < 1.29 is 22.7 Å². The van der Waals surface area contributed by atoms with Gasteiger partial charge in [0.1, 0.15) is 5.91 Å². The molecule has 5 nitrogen and oxygen atoms in total. The molecule has 8 heteroatoms. The molecule has 1 heterocycles. The predicted octanol–water partition coefficient (Wildman–Crippen LogP) is 6.42. The second kappa shape index (κ2) is 13.1. The standard InChI is InChI=1S/C26H23N3O2.2ClH.Fe/c1-18(28-26(31)24-22-15-9-8-10-19(22)16-17-27-24)25(30)29-23(20-11-4-2-5-12-20)21-13-6-3-7-14-21;;;/h2-18,23H,1H3,(H2,28,29,30,31);2*1H;/q;;;+3/p-3/t18-;;;/m0.../s1. The van der Waals surface area contributed by atoms with Gasteiger partial charge in [0.05, 0.1) is 11.7 Å². The number of halogens is 2. The average molecular weight is 535 g/mol. The van der Waals surface area contributed by atoms with Gasteiger partial charge in [-0.1, -0.05) is 91.9 Å². The predicted molar refractivity (Wildman–Crippen MR) is 133 cm³/mol. The van der Waals surface area contributed by atoms with E-state index in [4.69, 9.17) is 20.2 Å². The number of pyridine rings is 1. The fraction of sp³-hybridized carbons (Fsp3) is 0.115. The number of benzene rings is 3. The van der Waals surface area contributed by atoms with E-state index in [2.05, 4.69) is 15.6 Å². The van der Waals surface area contributed by atoms with E-state index in [1.165, 1.54) is 0 Å². The molecule has 175 valence electrons. The summed E-state index contributed by atoms with van der Waals surface area (Å²) in [4.78, 5) is 29.9. The first-order valence-corrected chi connectivity index (χ1v) is 13.4. The van der Waals surface area contributed by atoms with Gasteiger partial charge < -0.3 is 15.4 Å². The van der Waals surface area contributed by atoms with Crippen LogP contribution in [-0.4, -0.2) is 22.8 Å². The topological polar surface area (TPSA) is 73.2 Å². The second-order valence-electron chi connectivity index (χ2n) is 7.30. The molecule has 1 atom stereocenters. The number of carbonyl (C=O) groups is 2. The maximum absolute atomic E-state index is 13.0. The Morgan fingerprint density at radius 3 is 1.97 bits per heavy atom. The number of fused-ring (bicyclic) bond motifs is 1. The Morgan fingerprint density at radius 1 is 0.853 bits per heavy atom. The molecule has 4 aromatic rings. The summed E-state index contributed by atoms with van der Waals surface area (Å²) in [6.45, 7) is 1.62. The Morgan fingerprint density at radius 2 is 1.38 bits per heavy atom. The Bertz CT molecular complexity index is 1180. The molecular formula is C26H22Cl2FeN3O2. The van der Waals surface area contributed by atoms with E-state index in [-0.39, 0.29) is 30.8 Å². The zero-order valence-electron chi connectivity index (χ0n) is 18.2. The Kier molecular flexibility index (Phi) is 9.92. The number of aromatic nitrogens is 1. The number of rotatable bonds is 6. The van der Waals surface area contributed by atoms with Gasteiger partial charge in [0, 0.05) is 11.6 Å². The summed E-state index contributed by atoms with van der Waals surface area (Å²) in [7, 11) is 9.53. The number of nitrogens with one attached hydrogen (secondary N) is 1. The molecule has 3 aromatic carbocycles. The molecule has 0 aliphatic carbocycles. The van der Waals surface area contributed by atoms with Crippen molar-refractivity contribution in [2.75, 3.05) is 0 Å². The van der Waals surface area contributed by atoms with Gasteiger partial charge in [0.25, 0.3) is 0 Å². The van der Waals surface area contributed by atoms with Crippen molar-refractivity contribution in [1.29, 1.82) is 0 Å². The van der Waals surface area contributed by atoms with Crippen molar-refractivity contribution in [3.05, 3.63) is 119 Å². The summed E-state index contributed by atoms with van der Waals surface area (Å²) < 4.78 is 0. The molecular weight excluding hydrogens is 513 g/mol. The number of hydrogen-bond donors (Lipinski definition) is 1. The first-order chi connectivity index (χ1) is 16.5. The zero-order valence-corrected chi connectivity index (χ0v) is 20.8. The molecule has 0 aliphatic rings. The van der Waals surface area contributed by atoms with Crippen molar-refractivity contribution in [3.8, 4) is 0 Å². The van der Waals surface area contributed by atoms with Crippen LogP contribution in [0.2, 0.25) is 0 Å². The summed E-state index contributed by atoms with van der Waals surface area (Å²) in [5.41, 5.74) is 2.16. The molecule has 0 radical (unpaired) electrons. The van der Waals surface area contributed by atoms with Gasteiger partial charge >= 0.3 is 33.3 Å². The summed E-state index contributed by atoms with van der Waals surface area (Å²) in [5.74, 6) is -0.832. The van der Waals surface area contributed by atoms with Crippen molar-refractivity contribution in [1.82, 2.24) is 10.3 Å². The minimum absolute atomic E-state index is 0.194. The van der Waals surface area contributed by atoms with Crippen LogP contribution >= 0.6 is 20.2 Å². The average Bonchev–Trinajstić information content (AvgIpc) is 2.88. The molecule has 2 amide bonds. The first kappa shape index (κ1) is 25.7. The fourth-order valence-corrected chi connectivity index (χ4v) is 3.50. The van der Waals surface area contributed by atoms with Crippen LogP contribution in [0.15, 0.2) is 97.2 Å². The van der Waals surface area contributed by atoms with Gasteiger partial charge in [0.2, 0.25) is 5.91 Å². The summed E-state index contributed by atoms with van der Waals surface area (Å²) >= 11 is 0.194. The van der Waals surface area contributed by atoms with E-state index in [0.717, 1.165) is 21.9 Å². The molecule has 0 saturated carbocycles. The van der Waals surface area contributed by atoms with Crippen LogP contribution in [0.25, 0.3) is 16.1 Å². The third-order valence-electron chi connectivity index (χ3n) is 5.12. The maximum atomic E-state index is 13.0. The second-order valence-corrected chi connectivity index (χ2v) is 9.13. The van der Waals surface area contributed by atoms with Gasteiger partial charge in [0.15, 0.2) is 0 Å². The molecule has 0 bridgehead atoms. The SMILES string of the molecule is C[C@H]([N-]C(=O)c1nccc2ccccc12)C(=O)NC(c1ccccc1)c1ccccc1.[Cl][Fe+][Cl]. The van der Waals surface area contributed by atoms with E-state index in [0.29, 0.717) is 0 Å². The van der Waals surface area contributed by atoms with Gasteiger partial charge in [-0.05, 0) is 28.6 Å². The van der Waals surface area contributed by atoms with Crippen molar-refractivity contribution >= 4 is 42.8 Å². The first-order valence-electron chi connectivity index (χ1n) is 10.4. The summed E-state index contributed by atoms with van der Waals surface area (Å²) in [6.07, 6.45) is 1.58. The van der Waals surface area contributed by atoms with Crippen LogP contribution in [0.4, 0.5) is 0 Å². The zero-order chi connectivity index (χ0) is 24.3. The van der Waals surface area contributed by atoms with Gasteiger partial charge in [-0.15, -0.1) is 0 Å².